The zero-order valence-corrected chi connectivity index (χ0v) is 10.4. The largest absolute Gasteiger partial charge is 0.396 e. The number of hydrogen-bond donors (Lipinski definition) is 5. The molecule has 0 heterocycles. The first-order chi connectivity index (χ1) is 7.89. The van der Waals surface area contributed by atoms with Crippen molar-refractivity contribution in [2.75, 3.05) is 52.9 Å². The predicted molar refractivity (Wildman–Crippen MR) is 64.1 cm³/mol. The molecule has 0 aliphatic rings. The fourth-order valence-corrected chi connectivity index (χ4v) is 1.51. The molecule has 0 saturated heterocycles. The normalized spacial score (nSPS) is 12.7. The summed E-state index contributed by atoms with van der Waals surface area (Å²) < 4.78 is 0. The van der Waals surface area contributed by atoms with Crippen molar-refractivity contribution in [2.24, 2.45) is 5.73 Å². The van der Waals surface area contributed by atoms with Gasteiger partial charge >= 0.3 is 0 Å². The summed E-state index contributed by atoms with van der Waals surface area (Å²) in [6.45, 7) is 2.87. The molecule has 0 aromatic heterocycles. The number of nitrogens with zero attached hydrogens (tertiary/aromatic N) is 2. The lowest BCUT2D eigenvalue weighted by Crippen LogP contribution is -2.46. The molecule has 104 valence electrons. The molecule has 0 rings (SSSR count). The molecule has 0 atom stereocenters. The number of likely N-dealkylation sites (N-methyl/N-ethyl adjacent to an activating group) is 1. The fraction of sp³-hybridized carbons (Fsp3) is 1.00. The number of rotatable bonds is 10. The van der Waals surface area contributed by atoms with Crippen LogP contribution in [-0.2, 0) is 0 Å². The summed E-state index contributed by atoms with van der Waals surface area (Å²) in [5.41, 5.74) is 5.41. The van der Waals surface area contributed by atoms with E-state index in [1.165, 1.54) is 0 Å². The Hall–Kier alpha value is -0.280. The zero-order chi connectivity index (χ0) is 13.3. The maximum absolute atomic E-state index is 8.93. The van der Waals surface area contributed by atoms with Gasteiger partial charge in [0, 0.05) is 39.3 Å². The summed E-state index contributed by atoms with van der Waals surface area (Å²) in [5, 5.41) is 35.5. The summed E-state index contributed by atoms with van der Waals surface area (Å²) in [6.07, 6.45) is 0.524. The minimum Gasteiger partial charge on any atom is -0.396 e. The molecule has 17 heavy (non-hydrogen) atoms. The van der Waals surface area contributed by atoms with Gasteiger partial charge in [-0.1, -0.05) is 0 Å². The van der Waals surface area contributed by atoms with Gasteiger partial charge in [-0.15, -0.1) is 0 Å². The Morgan fingerprint density at radius 2 is 1.71 bits per heavy atom. The van der Waals surface area contributed by atoms with Crippen LogP contribution in [0.25, 0.3) is 0 Å². The number of nitrogens with two attached hydrogens (primary N) is 1. The van der Waals surface area contributed by atoms with Crippen molar-refractivity contribution in [3.05, 3.63) is 0 Å². The Balaban J connectivity index is 4.00. The lowest BCUT2D eigenvalue weighted by atomic mass is 10.3. The molecule has 0 bridgehead atoms. The predicted octanol–water partition coefficient (Wildman–Crippen LogP) is -2.81. The number of aliphatic hydroxyl groups is 4. The van der Waals surface area contributed by atoms with Crippen LogP contribution in [0.4, 0.5) is 0 Å². The number of hydrogen-bond acceptors (Lipinski definition) is 7. The average molecular weight is 251 g/mol. The van der Waals surface area contributed by atoms with Crippen molar-refractivity contribution in [3.63, 3.8) is 0 Å². The van der Waals surface area contributed by atoms with Crippen LogP contribution >= 0.6 is 0 Å². The fourth-order valence-electron chi connectivity index (χ4n) is 1.51. The summed E-state index contributed by atoms with van der Waals surface area (Å²) in [7, 11) is 1.92. The lowest BCUT2D eigenvalue weighted by Gasteiger charge is -2.28. The van der Waals surface area contributed by atoms with E-state index >= 15 is 0 Å². The first kappa shape index (κ1) is 16.7. The van der Waals surface area contributed by atoms with Gasteiger partial charge in [0.15, 0.2) is 0 Å². The molecule has 0 aliphatic carbocycles. The molecule has 0 amide bonds. The summed E-state index contributed by atoms with van der Waals surface area (Å²) >= 11 is 0. The van der Waals surface area contributed by atoms with Crippen LogP contribution in [0.2, 0.25) is 0 Å². The highest BCUT2D eigenvalue weighted by molar-refractivity contribution is 4.64. The Bertz CT molecular complexity index is 187. The Morgan fingerprint density at radius 3 is 2.18 bits per heavy atom. The topological polar surface area (TPSA) is 113 Å². The van der Waals surface area contributed by atoms with Gasteiger partial charge in [0.05, 0.1) is 6.54 Å². The Labute approximate surface area is 102 Å². The third-order valence-corrected chi connectivity index (χ3v) is 2.38. The Morgan fingerprint density at radius 1 is 1.06 bits per heavy atom. The van der Waals surface area contributed by atoms with Crippen molar-refractivity contribution in [1.82, 2.24) is 9.80 Å². The highest BCUT2D eigenvalue weighted by Crippen LogP contribution is 2.00. The van der Waals surface area contributed by atoms with E-state index in [2.05, 4.69) is 0 Å². The van der Waals surface area contributed by atoms with Crippen LogP contribution in [0, 0.1) is 0 Å². The van der Waals surface area contributed by atoms with E-state index in [9.17, 15) is 0 Å². The van der Waals surface area contributed by atoms with Crippen LogP contribution < -0.4 is 5.73 Å². The van der Waals surface area contributed by atoms with Crippen molar-refractivity contribution in [3.8, 4) is 0 Å². The molecule has 0 aliphatic heterocycles. The lowest BCUT2D eigenvalue weighted by molar-refractivity contribution is -0.317. The molecular weight excluding hydrogens is 226 g/mol. The van der Waals surface area contributed by atoms with Gasteiger partial charge in [0.1, 0.15) is 0 Å². The monoisotopic (exact) mass is 251 g/mol. The van der Waals surface area contributed by atoms with E-state index in [0.29, 0.717) is 32.6 Å². The van der Waals surface area contributed by atoms with Crippen molar-refractivity contribution >= 4 is 0 Å². The maximum atomic E-state index is 8.93. The van der Waals surface area contributed by atoms with Gasteiger partial charge < -0.3 is 31.1 Å². The molecule has 0 unspecified atom stereocenters. The third-order valence-electron chi connectivity index (χ3n) is 2.38. The SMILES string of the molecule is CN(CCN)CCN(CCCO)CC(O)(O)O. The third kappa shape index (κ3) is 10.6. The highest BCUT2D eigenvalue weighted by Gasteiger charge is 2.22. The second-order valence-corrected chi connectivity index (χ2v) is 4.22. The molecule has 0 radical (unpaired) electrons. The van der Waals surface area contributed by atoms with E-state index in [1.807, 2.05) is 11.9 Å². The van der Waals surface area contributed by atoms with Gasteiger partial charge in [-0.3, -0.25) is 4.90 Å². The molecule has 0 aromatic rings. The van der Waals surface area contributed by atoms with Gasteiger partial charge in [-0.05, 0) is 13.5 Å². The molecule has 0 spiro atoms. The van der Waals surface area contributed by atoms with Gasteiger partial charge in [0.25, 0.3) is 5.97 Å². The van der Waals surface area contributed by atoms with E-state index < -0.39 is 5.97 Å². The van der Waals surface area contributed by atoms with E-state index in [-0.39, 0.29) is 13.2 Å². The molecule has 6 N–H and O–H groups in total. The van der Waals surface area contributed by atoms with Crippen molar-refractivity contribution in [1.29, 1.82) is 0 Å². The van der Waals surface area contributed by atoms with Crippen LogP contribution in [0.5, 0.6) is 0 Å². The zero-order valence-electron chi connectivity index (χ0n) is 10.4. The van der Waals surface area contributed by atoms with Crippen LogP contribution in [0.15, 0.2) is 0 Å². The van der Waals surface area contributed by atoms with Crippen LogP contribution in [0.1, 0.15) is 6.42 Å². The number of aliphatic hydroxyl groups excluding tert-OH is 1. The molecule has 0 aromatic carbocycles. The first-order valence-electron chi connectivity index (χ1n) is 5.78. The quantitative estimate of drug-likeness (QED) is 0.266. The molecule has 7 nitrogen and oxygen atoms in total. The van der Waals surface area contributed by atoms with Crippen molar-refractivity contribution < 1.29 is 20.4 Å². The standard InChI is InChI=1S/C10H25N3O4/c1-12(5-3-11)6-7-13(4-2-8-14)9-10(15,16)17/h14-17H,2-9,11H2,1H3. The van der Waals surface area contributed by atoms with Crippen molar-refractivity contribution in [2.45, 2.75) is 12.4 Å². The second kappa shape index (κ2) is 8.76. The summed E-state index contributed by atoms with van der Waals surface area (Å²) in [6, 6.07) is 0. The smallest absolute Gasteiger partial charge is 0.288 e. The van der Waals surface area contributed by atoms with Gasteiger partial charge in [-0.25, -0.2) is 0 Å². The molecule has 7 heteroatoms. The average Bonchev–Trinajstić information content (AvgIpc) is 2.21. The summed E-state index contributed by atoms with van der Waals surface area (Å²) in [4.78, 5) is 3.70. The van der Waals surface area contributed by atoms with E-state index in [1.54, 1.807) is 4.90 Å². The minimum atomic E-state index is -2.69. The van der Waals surface area contributed by atoms with E-state index in [4.69, 9.17) is 26.2 Å². The van der Waals surface area contributed by atoms with E-state index in [0.717, 1.165) is 6.54 Å². The Kier molecular flexibility index (Phi) is 8.61. The van der Waals surface area contributed by atoms with Gasteiger partial charge in [-0.2, -0.15) is 0 Å². The molecule has 0 saturated carbocycles. The summed E-state index contributed by atoms with van der Waals surface area (Å²) in [5.74, 6) is -2.69. The van der Waals surface area contributed by atoms with Gasteiger partial charge in [0.2, 0.25) is 0 Å². The highest BCUT2D eigenvalue weighted by atomic mass is 16.7. The minimum absolute atomic E-state index is 0.0322. The second-order valence-electron chi connectivity index (χ2n) is 4.22. The van der Waals surface area contributed by atoms with Crippen LogP contribution in [-0.4, -0.2) is 89.1 Å². The maximum Gasteiger partial charge on any atom is 0.288 e. The first-order valence-corrected chi connectivity index (χ1v) is 5.78. The molecule has 0 fully saturated rings. The van der Waals surface area contributed by atoms with Crippen LogP contribution in [0.3, 0.4) is 0 Å². The molecular formula is C10H25N3O4.